The van der Waals surface area contributed by atoms with Crippen LogP contribution < -0.4 is 10.6 Å². The molecule has 0 heterocycles. The Morgan fingerprint density at radius 2 is 1.95 bits per heavy atom. The minimum atomic E-state index is 0.734. The molecule has 0 saturated heterocycles. The molecule has 0 unspecified atom stereocenters. The molecular weight excluding hydrogens is 232 g/mol. The molecule has 0 bridgehead atoms. The van der Waals surface area contributed by atoms with E-state index in [1.54, 1.807) is 0 Å². The summed E-state index contributed by atoms with van der Waals surface area (Å²) < 4.78 is 0. The fourth-order valence-corrected chi connectivity index (χ4v) is 3.22. The van der Waals surface area contributed by atoms with Crippen LogP contribution in [-0.4, -0.2) is 20.1 Å². The average molecular weight is 260 g/mol. The summed E-state index contributed by atoms with van der Waals surface area (Å²) in [5, 5.41) is 0. The third kappa shape index (κ3) is 3.97. The summed E-state index contributed by atoms with van der Waals surface area (Å²) >= 11 is 0. The molecule has 106 valence electrons. The summed E-state index contributed by atoms with van der Waals surface area (Å²) in [6.45, 7) is 4.14. The Bertz CT molecular complexity index is 394. The van der Waals surface area contributed by atoms with Crippen molar-refractivity contribution >= 4 is 5.69 Å². The van der Waals surface area contributed by atoms with Crippen molar-refractivity contribution in [1.29, 1.82) is 0 Å². The van der Waals surface area contributed by atoms with Gasteiger partial charge in [-0.05, 0) is 61.9 Å². The highest BCUT2D eigenvalue weighted by molar-refractivity contribution is 5.50. The van der Waals surface area contributed by atoms with E-state index >= 15 is 0 Å². The zero-order chi connectivity index (χ0) is 13.7. The van der Waals surface area contributed by atoms with E-state index in [-0.39, 0.29) is 0 Å². The smallest absolute Gasteiger partial charge is 0.0366 e. The van der Waals surface area contributed by atoms with Crippen LogP contribution in [0.4, 0.5) is 5.69 Å². The number of hydrogen-bond donors (Lipinski definition) is 1. The van der Waals surface area contributed by atoms with Crippen LogP contribution in [0.3, 0.4) is 0 Å². The molecule has 0 radical (unpaired) electrons. The summed E-state index contributed by atoms with van der Waals surface area (Å²) in [6.07, 6.45) is 8.09. The van der Waals surface area contributed by atoms with Gasteiger partial charge in [-0.3, -0.25) is 0 Å². The van der Waals surface area contributed by atoms with Crippen LogP contribution in [0.15, 0.2) is 18.2 Å². The Labute approximate surface area is 118 Å². The van der Waals surface area contributed by atoms with E-state index in [9.17, 15) is 0 Å². The van der Waals surface area contributed by atoms with Gasteiger partial charge in [0.15, 0.2) is 0 Å². The van der Waals surface area contributed by atoms with Gasteiger partial charge in [0.05, 0.1) is 0 Å². The maximum absolute atomic E-state index is 5.64. The molecule has 1 aliphatic carbocycles. The van der Waals surface area contributed by atoms with Gasteiger partial charge in [0, 0.05) is 19.3 Å². The topological polar surface area (TPSA) is 29.3 Å². The van der Waals surface area contributed by atoms with Crippen LogP contribution >= 0.6 is 0 Å². The number of nitrogens with two attached hydrogens (primary N) is 1. The second-order valence-corrected chi connectivity index (χ2v) is 6.03. The van der Waals surface area contributed by atoms with Gasteiger partial charge in [0.2, 0.25) is 0 Å². The summed E-state index contributed by atoms with van der Waals surface area (Å²) in [5.41, 5.74) is 9.75. The highest BCUT2D eigenvalue weighted by atomic mass is 15.1. The molecule has 2 rings (SSSR count). The van der Waals surface area contributed by atoms with Gasteiger partial charge >= 0.3 is 0 Å². The zero-order valence-corrected chi connectivity index (χ0v) is 12.5. The van der Waals surface area contributed by atoms with Crippen LogP contribution in [-0.2, 0) is 6.42 Å². The quantitative estimate of drug-likeness (QED) is 0.878. The van der Waals surface area contributed by atoms with E-state index in [1.165, 1.54) is 55.5 Å². The van der Waals surface area contributed by atoms with Crippen molar-refractivity contribution in [3.05, 3.63) is 29.3 Å². The van der Waals surface area contributed by atoms with Crippen LogP contribution in [0.2, 0.25) is 0 Å². The van der Waals surface area contributed by atoms with E-state index in [2.05, 4.69) is 37.1 Å². The van der Waals surface area contributed by atoms with Crippen LogP contribution in [0.25, 0.3) is 0 Å². The molecule has 0 aliphatic heterocycles. The Morgan fingerprint density at radius 1 is 1.21 bits per heavy atom. The number of benzene rings is 1. The first-order valence-electron chi connectivity index (χ1n) is 7.71. The van der Waals surface area contributed by atoms with Crippen molar-refractivity contribution in [3.8, 4) is 0 Å². The molecule has 0 aromatic heterocycles. The third-order valence-corrected chi connectivity index (χ3v) is 4.44. The number of aryl methyl sites for hydroxylation is 1. The SMILES string of the molecule is Cc1cc(N(C)CC2CCCCC2)ccc1CCN. The first-order chi connectivity index (χ1) is 9.20. The molecule has 0 amide bonds. The maximum Gasteiger partial charge on any atom is 0.0366 e. The molecule has 2 nitrogen and oxygen atoms in total. The fraction of sp³-hybridized carbons (Fsp3) is 0.647. The second-order valence-electron chi connectivity index (χ2n) is 6.03. The van der Waals surface area contributed by atoms with Gasteiger partial charge in [0.25, 0.3) is 0 Å². The number of rotatable bonds is 5. The van der Waals surface area contributed by atoms with Crippen molar-refractivity contribution in [2.45, 2.75) is 45.4 Å². The van der Waals surface area contributed by atoms with Crippen molar-refractivity contribution in [2.75, 3.05) is 25.0 Å². The average Bonchev–Trinajstić information content (AvgIpc) is 2.42. The molecule has 0 spiro atoms. The number of nitrogens with zero attached hydrogens (tertiary/aromatic N) is 1. The summed E-state index contributed by atoms with van der Waals surface area (Å²) in [7, 11) is 2.23. The Kier molecular flexibility index (Phi) is 5.26. The molecular formula is C17H28N2. The van der Waals surface area contributed by atoms with Crippen molar-refractivity contribution in [3.63, 3.8) is 0 Å². The standard InChI is InChI=1S/C17H28N2/c1-14-12-17(9-8-16(14)10-11-18)19(2)13-15-6-4-3-5-7-15/h8-9,12,15H,3-7,10-11,13,18H2,1-2H3. The highest BCUT2D eigenvalue weighted by Gasteiger charge is 2.15. The van der Waals surface area contributed by atoms with E-state index in [0.717, 1.165) is 18.9 Å². The molecule has 1 fully saturated rings. The number of hydrogen-bond acceptors (Lipinski definition) is 2. The van der Waals surface area contributed by atoms with Crippen molar-refractivity contribution < 1.29 is 0 Å². The van der Waals surface area contributed by atoms with Crippen molar-refractivity contribution in [2.24, 2.45) is 11.7 Å². The Balaban J connectivity index is 1.98. The lowest BCUT2D eigenvalue weighted by Gasteiger charge is -2.28. The molecule has 19 heavy (non-hydrogen) atoms. The molecule has 1 aromatic rings. The predicted molar refractivity (Wildman–Crippen MR) is 83.8 cm³/mol. The normalized spacial score (nSPS) is 16.6. The predicted octanol–water partition coefficient (Wildman–Crippen LogP) is 3.51. The van der Waals surface area contributed by atoms with Gasteiger partial charge in [-0.25, -0.2) is 0 Å². The first-order valence-corrected chi connectivity index (χ1v) is 7.71. The van der Waals surface area contributed by atoms with Crippen LogP contribution in [0, 0.1) is 12.8 Å². The van der Waals surface area contributed by atoms with E-state index in [1.807, 2.05) is 0 Å². The second kappa shape index (κ2) is 6.95. The minimum absolute atomic E-state index is 0.734. The summed E-state index contributed by atoms with van der Waals surface area (Å²) in [4.78, 5) is 2.43. The molecule has 2 heteroatoms. The van der Waals surface area contributed by atoms with Crippen LogP contribution in [0.5, 0.6) is 0 Å². The molecule has 0 atom stereocenters. The summed E-state index contributed by atoms with van der Waals surface area (Å²) in [6, 6.07) is 6.81. The summed E-state index contributed by atoms with van der Waals surface area (Å²) in [5.74, 6) is 0.891. The van der Waals surface area contributed by atoms with Crippen LogP contribution in [0.1, 0.15) is 43.2 Å². The Morgan fingerprint density at radius 3 is 2.58 bits per heavy atom. The molecule has 1 aliphatic rings. The molecule has 2 N–H and O–H groups in total. The Hall–Kier alpha value is -1.02. The van der Waals surface area contributed by atoms with Gasteiger partial charge in [-0.2, -0.15) is 0 Å². The van der Waals surface area contributed by atoms with Gasteiger partial charge in [-0.15, -0.1) is 0 Å². The van der Waals surface area contributed by atoms with Gasteiger partial charge < -0.3 is 10.6 Å². The van der Waals surface area contributed by atoms with Gasteiger partial charge in [0.1, 0.15) is 0 Å². The van der Waals surface area contributed by atoms with Crippen molar-refractivity contribution in [1.82, 2.24) is 0 Å². The van der Waals surface area contributed by atoms with E-state index in [0.29, 0.717) is 0 Å². The first kappa shape index (κ1) is 14.4. The third-order valence-electron chi connectivity index (χ3n) is 4.44. The molecule has 1 aromatic carbocycles. The lowest BCUT2D eigenvalue weighted by molar-refractivity contribution is 0.362. The lowest BCUT2D eigenvalue weighted by Crippen LogP contribution is -2.26. The maximum atomic E-state index is 5.64. The highest BCUT2D eigenvalue weighted by Crippen LogP contribution is 2.26. The molecule has 1 saturated carbocycles. The van der Waals surface area contributed by atoms with Gasteiger partial charge in [-0.1, -0.05) is 25.3 Å². The fourth-order valence-electron chi connectivity index (χ4n) is 3.22. The number of anilines is 1. The monoisotopic (exact) mass is 260 g/mol. The largest absolute Gasteiger partial charge is 0.374 e. The lowest BCUT2D eigenvalue weighted by atomic mass is 9.89. The minimum Gasteiger partial charge on any atom is -0.374 e. The van der Waals surface area contributed by atoms with E-state index < -0.39 is 0 Å². The van der Waals surface area contributed by atoms with E-state index in [4.69, 9.17) is 5.73 Å². The zero-order valence-electron chi connectivity index (χ0n) is 12.5.